The Bertz CT molecular complexity index is 453. The number of hydrogen-bond acceptors (Lipinski definition) is 3. The number of hydrogen-bond donors (Lipinski definition) is 1. The molecule has 1 N–H and O–H groups in total. The Morgan fingerprint density at radius 1 is 1.50 bits per heavy atom. The van der Waals surface area contributed by atoms with Crippen molar-refractivity contribution in [2.24, 2.45) is 0 Å². The van der Waals surface area contributed by atoms with Crippen molar-refractivity contribution >= 4 is 27.8 Å². The summed E-state index contributed by atoms with van der Waals surface area (Å²) >= 11 is 3.17. The van der Waals surface area contributed by atoms with Gasteiger partial charge in [-0.25, -0.2) is 0 Å². The molecule has 1 rings (SSSR count). The van der Waals surface area contributed by atoms with Crippen LogP contribution in [0.4, 0.5) is 0 Å². The van der Waals surface area contributed by atoms with E-state index >= 15 is 0 Å². The Morgan fingerprint density at radius 2 is 2.11 bits per heavy atom. The number of rotatable bonds is 5. The normalized spacial score (nSPS) is 10.7. The average molecular weight is 318 g/mol. The van der Waals surface area contributed by atoms with Gasteiger partial charge in [0.05, 0.1) is 6.42 Å². The molecule has 0 aromatic carbocycles. The van der Waals surface area contributed by atoms with E-state index in [1.54, 1.807) is 13.0 Å². The molecule has 1 amide bonds. The number of aryl methyl sites for hydroxylation is 1. The number of halogens is 1. The zero-order valence-electron chi connectivity index (χ0n) is 10.6. The molecule has 100 valence electrons. The number of carboxylic acid groups (broad SMARTS) is 1. The van der Waals surface area contributed by atoms with Gasteiger partial charge in [-0.15, -0.1) is 0 Å². The fraction of sp³-hybridized carbons (Fsp3) is 0.500. The standard InChI is InChI=1S/C12H16BrNO4/c1-7(2)14(5-4-10(15)16)12(17)11-8(3)6-9(13)18-11/h6-7H,4-5H2,1-3H3,(H,15,16). The van der Waals surface area contributed by atoms with E-state index in [0.29, 0.717) is 4.67 Å². The van der Waals surface area contributed by atoms with Crippen LogP contribution < -0.4 is 0 Å². The second kappa shape index (κ2) is 6.04. The third-order valence-electron chi connectivity index (χ3n) is 2.53. The van der Waals surface area contributed by atoms with Crippen molar-refractivity contribution in [2.45, 2.75) is 33.2 Å². The summed E-state index contributed by atoms with van der Waals surface area (Å²) in [5.41, 5.74) is 0.729. The maximum Gasteiger partial charge on any atom is 0.305 e. The van der Waals surface area contributed by atoms with Crippen molar-refractivity contribution in [3.63, 3.8) is 0 Å². The summed E-state index contributed by atoms with van der Waals surface area (Å²) in [6.45, 7) is 5.63. The number of carbonyl (C=O) groups is 2. The van der Waals surface area contributed by atoms with Crippen molar-refractivity contribution in [3.8, 4) is 0 Å². The van der Waals surface area contributed by atoms with E-state index in [4.69, 9.17) is 9.52 Å². The summed E-state index contributed by atoms with van der Waals surface area (Å²) in [7, 11) is 0. The quantitative estimate of drug-likeness (QED) is 0.906. The maximum atomic E-state index is 12.3. The van der Waals surface area contributed by atoms with Crippen molar-refractivity contribution in [1.29, 1.82) is 0 Å². The van der Waals surface area contributed by atoms with Gasteiger partial charge in [-0.05, 0) is 42.8 Å². The second-order valence-corrected chi connectivity index (χ2v) is 5.08. The van der Waals surface area contributed by atoms with E-state index < -0.39 is 5.97 Å². The number of nitrogens with zero attached hydrogens (tertiary/aromatic N) is 1. The lowest BCUT2D eigenvalue weighted by molar-refractivity contribution is -0.137. The minimum atomic E-state index is -0.925. The maximum absolute atomic E-state index is 12.3. The first-order valence-electron chi connectivity index (χ1n) is 5.61. The molecule has 0 fully saturated rings. The van der Waals surface area contributed by atoms with Gasteiger partial charge in [0.15, 0.2) is 10.4 Å². The topological polar surface area (TPSA) is 70.8 Å². The van der Waals surface area contributed by atoms with Crippen LogP contribution in [0.1, 0.15) is 36.4 Å². The summed E-state index contributed by atoms with van der Waals surface area (Å²) in [5, 5.41) is 8.69. The zero-order chi connectivity index (χ0) is 13.9. The van der Waals surface area contributed by atoms with Gasteiger partial charge >= 0.3 is 5.97 Å². The molecule has 0 atom stereocenters. The molecule has 0 bridgehead atoms. The van der Waals surface area contributed by atoms with Crippen LogP contribution in [0.2, 0.25) is 0 Å². The Balaban J connectivity index is 2.89. The van der Waals surface area contributed by atoms with E-state index in [9.17, 15) is 9.59 Å². The van der Waals surface area contributed by atoms with Crippen LogP contribution in [0.25, 0.3) is 0 Å². The molecule has 0 saturated heterocycles. The molecule has 0 radical (unpaired) electrons. The lowest BCUT2D eigenvalue weighted by Crippen LogP contribution is -2.38. The number of carboxylic acids is 1. The number of carbonyl (C=O) groups excluding carboxylic acids is 1. The molecule has 0 aliphatic carbocycles. The third-order valence-corrected chi connectivity index (χ3v) is 2.92. The highest BCUT2D eigenvalue weighted by molar-refractivity contribution is 9.10. The van der Waals surface area contributed by atoms with Crippen LogP contribution >= 0.6 is 15.9 Å². The van der Waals surface area contributed by atoms with Gasteiger partial charge < -0.3 is 14.4 Å². The number of aliphatic carboxylic acids is 1. The van der Waals surface area contributed by atoms with Gasteiger partial charge in [-0.3, -0.25) is 9.59 Å². The highest BCUT2D eigenvalue weighted by atomic mass is 79.9. The summed E-state index contributed by atoms with van der Waals surface area (Å²) in [4.78, 5) is 24.3. The Hall–Kier alpha value is -1.30. The zero-order valence-corrected chi connectivity index (χ0v) is 12.2. The number of furan rings is 1. The highest BCUT2D eigenvalue weighted by Crippen LogP contribution is 2.21. The molecule has 0 aliphatic rings. The lowest BCUT2D eigenvalue weighted by Gasteiger charge is -2.25. The first kappa shape index (κ1) is 14.8. The van der Waals surface area contributed by atoms with E-state index in [-0.39, 0.29) is 30.7 Å². The van der Waals surface area contributed by atoms with Crippen molar-refractivity contribution in [2.75, 3.05) is 6.54 Å². The smallest absolute Gasteiger partial charge is 0.305 e. The molecule has 18 heavy (non-hydrogen) atoms. The largest absolute Gasteiger partial charge is 0.481 e. The van der Waals surface area contributed by atoms with Crippen LogP contribution in [0, 0.1) is 6.92 Å². The molecule has 5 nitrogen and oxygen atoms in total. The molecular weight excluding hydrogens is 302 g/mol. The van der Waals surface area contributed by atoms with Crippen LogP contribution in [0.3, 0.4) is 0 Å². The third kappa shape index (κ3) is 3.60. The SMILES string of the molecule is Cc1cc(Br)oc1C(=O)N(CCC(=O)O)C(C)C. The van der Waals surface area contributed by atoms with Gasteiger partial charge in [0.1, 0.15) is 0 Å². The Kier molecular flexibility index (Phi) is 4.95. The van der Waals surface area contributed by atoms with Gasteiger partial charge in [-0.1, -0.05) is 0 Å². The fourth-order valence-corrected chi connectivity index (χ4v) is 2.10. The summed E-state index contributed by atoms with van der Waals surface area (Å²) in [6, 6.07) is 1.63. The summed E-state index contributed by atoms with van der Waals surface area (Å²) in [5.74, 6) is -0.957. The van der Waals surface area contributed by atoms with Crippen LogP contribution in [-0.2, 0) is 4.79 Å². The number of amides is 1. The molecular formula is C12H16BrNO4. The molecule has 0 unspecified atom stereocenters. The van der Waals surface area contributed by atoms with E-state index in [1.807, 2.05) is 13.8 Å². The van der Waals surface area contributed by atoms with E-state index in [0.717, 1.165) is 5.56 Å². The molecule has 0 spiro atoms. The van der Waals surface area contributed by atoms with Crippen molar-refractivity contribution < 1.29 is 19.1 Å². The van der Waals surface area contributed by atoms with Gasteiger partial charge in [0.2, 0.25) is 0 Å². The van der Waals surface area contributed by atoms with Gasteiger partial charge in [0.25, 0.3) is 5.91 Å². The molecule has 1 aromatic heterocycles. The monoisotopic (exact) mass is 317 g/mol. The first-order chi connectivity index (χ1) is 8.32. The molecule has 1 aromatic rings. The van der Waals surface area contributed by atoms with Crippen molar-refractivity contribution in [1.82, 2.24) is 4.90 Å². The lowest BCUT2D eigenvalue weighted by atomic mass is 10.2. The molecule has 0 saturated carbocycles. The molecule has 1 heterocycles. The molecule has 6 heteroatoms. The minimum Gasteiger partial charge on any atom is -0.481 e. The van der Waals surface area contributed by atoms with E-state index in [1.165, 1.54) is 4.90 Å². The summed E-state index contributed by atoms with van der Waals surface area (Å²) < 4.78 is 5.78. The molecule has 0 aliphatic heterocycles. The van der Waals surface area contributed by atoms with E-state index in [2.05, 4.69) is 15.9 Å². The second-order valence-electron chi connectivity index (χ2n) is 4.30. The van der Waals surface area contributed by atoms with Crippen LogP contribution in [-0.4, -0.2) is 34.5 Å². The van der Waals surface area contributed by atoms with Crippen LogP contribution in [0.15, 0.2) is 15.2 Å². The van der Waals surface area contributed by atoms with Crippen LogP contribution in [0.5, 0.6) is 0 Å². The first-order valence-corrected chi connectivity index (χ1v) is 6.41. The highest BCUT2D eigenvalue weighted by Gasteiger charge is 2.24. The Labute approximate surface area is 114 Å². The summed E-state index contributed by atoms with van der Waals surface area (Å²) in [6.07, 6.45) is -0.0785. The fourth-order valence-electron chi connectivity index (χ4n) is 1.60. The predicted molar refractivity (Wildman–Crippen MR) is 69.6 cm³/mol. The Morgan fingerprint density at radius 3 is 2.50 bits per heavy atom. The van der Waals surface area contributed by atoms with Gasteiger partial charge in [-0.2, -0.15) is 0 Å². The predicted octanol–water partition coefficient (Wildman–Crippen LogP) is 2.68. The minimum absolute atomic E-state index is 0.0785. The average Bonchev–Trinajstić information content (AvgIpc) is 2.56. The van der Waals surface area contributed by atoms with Crippen molar-refractivity contribution in [3.05, 3.63) is 22.1 Å². The van der Waals surface area contributed by atoms with Gasteiger partial charge in [0, 0.05) is 18.2 Å².